The van der Waals surface area contributed by atoms with E-state index in [-0.39, 0.29) is 11.8 Å². The molecule has 7 heteroatoms. The van der Waals surface area contributed by atoms with E-state index in [1.165, 1.54) is 5.56 Å². The lowest BCUT2D eigenvalue weighted by Gasteiger charge is -2.37. The van der Waals surface area contributed by atoms with Gasteiger partial charge in [0.15, 0.2) is 0 Å². The van der Waals surface area contributed by atoms with Crippen molar-refractivity contribution in [3.05, 3.63) is 42.5 Å². The first kappa shape index (κ1) is 24.7. The topological polar surface area (TPSA) is 92.0 Å². The van der Waals surface area contributed by atoms with Crippen LogP contribution in [0.2, 0.25) is 0 Å². The average molecular weight is 447 g/mol. The van der Waals surface area contributed by atoms with Crippen molar-refractivity contribution in [1.82, 2.24) is 5.32 Å². The quantitative estimate of drug-likeness (QED) is 0.423. The highest BCUT2D eigenvalue weighted by molar-refractivity contribution is 5.70. The van der Waals surface area contributed by atoms with Gasteiger partial charge in [0, 0.05) is 30.8 Å². The molecule has 4 atom stereocenters. The number of hydrogen-bond donors (Lipinski definition) is 2. The van der Waals surface area contributed by atoms with Crippen molar-refractivity contribution in [2.75, 3.05) is 6.54 Å². The molecular weight excluding hydrogens is 408 g/mol. The molecule has 3 rings (SSSR count). The largest absolute Gasteiger partial charge is 0.412 e. The second-order valence-electron chi connectivity index (χ2n) is 9.92. The van der Waals surface area contributed by atoms with E-state index in [9.17, 15) is 4.79 Å². The Morgan fingerprint density at radius 2 is 2.09 bits per heavy atom. The van der Waals surface area contributed by atoms with E-state index >= 15 is 0 Å². The zero-order chi connectivity index (χ0) is 23.4. The van der Waals surface area contributed by atoms with Crippen molar-refractivity contribution >= 4 is 6.09 Å². The number of rotatable bonds is 8. The molecule has 3 N–H and O–H groups in total. The summed E-state index contributed by atoms with van der Waals surface area (Å²) in [5, 5.41) is 2.67. The van der Waals surface area contributed by atoms with Gasteiger partial charge in [0.1, 0.15) is 5.75 Å². The molecule has 0 radical (unpaired) electrons. The Kier molecular flexibility index (Phi) is 7.65. The summed E-state index contributed by atoms with van der Waals surface area (Å²) >= 11 is 0. The number of nitrogens with one attached hydrogen (secondary N) is 1. The maximum absolute atomic E-state index is 12.0. The molecule has 178 valence electrons. The molecule has 1 unspecified atom stereocenters. The number of carbonyl (C=O) groups excluding carboxylic acids is 1. The van der Waals surface area contributed by atoms with Crippen molar-refractivity contribution in [1.29, 1.82) is 0 Å². The number of nitrogens with two attached hydrogens (primary N) is 1. The molecule has 2 aliphatic rings. The predicted octanol–water partition coefficient (Wildman–Crippen LogP) is 5.16. The van der Waals surface area contributed by atoms with Gasteiger partial charge in [-0.1, -0.05) is 25.1 Å². The molecule has 1 saturated carbocycles. The van der Waals surface area contributed by atoms with Gasteiger partial charge in [0.2, 0.25) is 11.6 Å². The first-order chi connectivity index (χ1) is 15.1. The summed E-state index contributed by atoms with van der Waals surface area (Å²) in [4.78, 5) is 23.6. The van der Waals surface area contributed by atoms with Crippen LogP contribution in [0.3, 0.4) is 0 Å². The molecule has 1 heterocycles. The van der Waals surface area contributed by atoms with E-state index in [1.807, 2.05) is 51.1 Å². The third-order valence-electron chi connectivity index (χ3n) is 6.35. The lowest BCUT2D eigenvalue weighted by Crippen LogP contribution is -2.45. The van der Waals surface area contributed by atoms with Gasteiger partial charge in [-0.3, -0.25) is 0 Å². The van der Waals surface area contributed by atoms with Gasteiger partial charge in [-0.15, -0.1) is 6.58 Å². The molecular formula is C25H38N2O5. The van der Waals surface area contributed by atoms with Gasteiger partial charge in [-0.25, -0.2) is 4.79 Å². The summed E-state index contributed by atoms with van der Waals surface area (Å²) in [6, 6.07) is 7.64. The van der Waals surface area contributed by atoms with E-state index in [1.54, 1.807) is 0 Å². The highest BCUT2D eigenvalue weighted by Crippen LogP contribution is 2.50. The minimum absolute atomic E-state index is 0.187. The Hall–Kier alpha value is -1.93. The third-order valence-corrected chi connectivity index (χ3v) is 6.35. The summed E-state index contributed by atoms with van der Waals surface area (Å²) in [6.45, 7) is 12.0. The first-order valence-electron chi connectivity index (χ1n) is 11.6. The number of carbonyl (C=O) groups is 1. The van der Waals surface area contributed by atoms with Crippen LogP contribution in [0.15, 0.2) is 36.9 Å². The van der Waals surface area contributed by atoms with E-state index in [4.69, 9.17) is 25.0 Å². The van der Waals surface area contributed by atoms with E-state index in [0.717, 1.165) is 38.5 Å². The predicted molar refractivity (Wildman–Crippen MR) is 123 cm³/mol. The number of amides is 1. The molecule has 0 aromatic heterocycles. The second-order valence-corrected chi connectivity index (χ2v) is 9.92. The number of hydrogen-bond acceptors (Lipinski definition) is 6. The van der Waals surface area contributed by atoms with Crippen molar-refractivity contribution < 1.29 is 24.0 Å². The molecule has 1 aliphatic heterocycles. The summed E-state index contributed by atoms with van der Waals surface area (Å²) in [7, 11) is 0. The highest BCUT2D eigenvalue weighted by Gasteiger charge is 2.55. The minimum Gasteiger partial charge on any atom is -0.410 e. The zero-order valence-corrected chi connectivity index (χ0v) is 19.8. The van der Waals surface area contributed by atoms with Crippen LogP contribution in [-0.4, -0.2) is 29.8 Å². The second kappa shape index (κ2) is 9.91. The van der Waals surface area contributed by atoms with Gasteiger partial charge < -0.3 is 20.5 Å². The Labute approximate surface area is 191 Å². The molecule has 1 aromatic rings. The lowest BCUT2D eigenvalue weighted by molar-refractivity contribution is -0.359. The molecule has 1 amide bonds. The van der Waals surface area contributed by atoms with Crippen LogP contribution < -0.4 is 15.8 Å². The highest BCUT2D eigenvalue weighted by atomic mass is 17.3. The minimum atomic E-state index is -0.770. The van der Waals surface area contributed by atoms with Crippen LogP contribution in [0.5, 0.6) is 5.75 Å². The maximum atomic E-state index is 12.0. The van der Waals surface area contributed by atoms with Crippen molar-refractivity contribution in [2.45, 2.75) is 89.3 Å². The van der Waals surface area contributed by atoms with E-state index in [2.05, 4.69) is 18.8 Å². The van der Waals surface area contributed by atoms with Gasteiger partial charge in [-0.2, -0.15) is 9.78 Å². The molecule has 1 aromatic carbocycles. The number of allylic oxidation sites excluding steroid dienone is 1. The number of ether oxygens (including phenoxy) is 2. The van der Waals surface area contributed by atoms with Gasteiger partial charge in [-0.05, 0) is 70.1 Å². The molecule has 1 spiro atoms. The molecule has 1 aliphatic carbocycles. The van der Waals surface area contributed by atoms with Crippen LogP contribution in [-0.2, 0) is 14.5 Å². The summed E-state index contributed by atoms with van der Waals surface area (Å²) in [6.07, 6.45) is 6.68. The van der Waals surface area contributed by atoms with Crippen LogP contribution in [0.1, 0.15) is 77.7 Å². The Balaban J connectivity index is 1.61. The van der Waals surface area contributed by atoms with Crippen molar-refractivity contribution in [2.24, 2.45) is 11.7 Å². The van der Waals surface area contributed by atoms with Crippen LogP contribution in [0.25, 0.3) is 0 Å². The van der Waals surface area contributed by atoms with Crippen LogP contribution in [0, 0.1) is 5.92 Å². The van der Waals surface area contributed by atoms with Crippen molar-refractivity contribution in [3.8, 4) is 5.75 Å². The average Bonchev–Trinajstić information content (AvgIpc) is 3.07. The van der Waals surface area contributed by atoms with Crippen molar-refractivity contribution in [3.63, 3.8) is 0 Å². The summed E-state index contributed by atoms with van der Waals surface area (Å²) in [5.41, 5.74) is 6.55. The first-order valence-corrected chi connectivity index (χ1v) is 11.6. The molecule has 0 bridgehead atoms. The van der Waals surface area contributed by atoms with Crippen LogP contribution in [0.4, 0.5) is 4.79 Å². The lowest BCUT2D eigenvalue weighted by atomic mass is 9.80. The fraction of sp³-hybridized carbons (Fsp3) is 0.640. The zero-order valence-electron chi connectivity index (χ0n) is 19.8. The summed E-state index contributed by atoms with van der Waals surface area (Å²) < 4.78 is 11.8. The molecule has 7 nitrogen and oxygen atoms in total. The van der Waals surface area contributed by atoms with Gasteiger partial charge >= 0.3 is 6.09 Å². The normalized spacial score (nSPS) is 29.0. The Morgan fingerprint density at radius 3 is 2.72 bits per heavy atom. The standard InChI is InChI=1S/C25H38N2O5/c1-6-9-20(7-2)24(5)30-25(32-31-24)15-8-10-19(16-25)18-11-13-21(14-12-18)29-22(28)27-17-23(3,4)26/h6,11-14,19-20H,1,7-10,15-17,26H2,2-5H3,(H,27,28)/t19-,20?,24-,25-/m1/s1. The van der Waals surface area contributed by atoms with E-state index in [0.29, 0.717) is 12.3 Å². The summed E-state index contributed by atoms with van der Waals surface area (Å²) in [5.74, 6) is -0.544. The Morgan fingerprint density at radius 1 is 1.38 bits per heavy atom. The Bertz CT molecular complexity index is 791. The number of benzene rings is 1. The van der Waals surface area contributed by atoms with E-state index < -0.39 is 23.2 Å². The fourth-order valence-electron chi connectivity index (χ4n) is 4.57. The molecule has 2 fully saturated rings. The monoisotopic (exact) mass is 446 g/mol. The SMILES string of the molecule is C=CCC(CC)[C@@]1(C)OO[C@@]2(CCC[C@@H](c3ccc(OC(=O)NCC(C)(C)N)cc3)C2)O1. The van der Waals surface area contributed by atoms with Crippen LogP contribution >= 0.6 is 0 Å². The van der Waals surface area contributed by atoms with Gasteiger partial charge in [0.25, 0.3) is 0 Å². The third kappa shape index (κ3) is 6.10. The van der Waals surface area contributed by atoms with Gasteiger partial charge in [0.05, 0.1) is 0 Å². The smallest absolute Gasteiger partial charge is 0.410 e. The maximum Gasteiger partial charge on any atom is 0.412 e. The molecule has 1 saturated heterocycles. The molecule has 32 heavy (non-hydrogen) atoms. The fourth-order valence-corrected chi connectivity index (χ4v) is 4.57.